The maximum absolute atomic E-state index is 13.6. The zero-order valence-electron chi connectivity index (χ0n) is 24.3. The Balaban J connectivity index is 1.51. The molecule has 1 aliphatic carbocycles. The maximum atomic E-state index is 13.6. The van der Waals surface area contributed by atoms with Crippen LogP contribution in [0.2, 0.25) is 0 Å². The number of hydrogen-bond donors (Lipinski definition) is 0. The molecule has 1 amide bonds. The number of amides is 1. The van der Waals surface area contributed by atoms with Gasteiger partial charge < -0.3 is 9.64 Å². The number of cyclic esters (lactones) is 1. The molecule has 5 rings (SSSR count). The minimum atomic E-state index is -4.49. The van der Waals surface area contributed by atoms with E-state index in [2.05, 4.69) is 23.0 Å². The van der Waals surface area contributed by atoms with Gasteiger partial charge in [-0.05, 0) is 64.3 Å². The van der Waals surface area contributed by atoms with Gasteiger partial charge in [-0.2, -0.15) is 18.3 Å². The van der Waals surface area contributed by atoms with Crippen LogP contribution in [-0.2, 0) is 24.5 Å². The molecule has 7 nitrogen and oxygen atoms in total. The lowest BCUT2D eigenvalue weighted by Crippen LogP contribution is -2.39. The number of rotatable bonds is 7. The first kappa shape index (κ1) is 29.0. The molecule has 2 aromatic heterocycles. The molecule has 10 heteroatoms. The van der Waals surface area contributed by atoms with Crippen LogP contribution in [0.1, 0.15) is 80.0 Å². The first-order chi connectivity index (χ1) is 19.5. The molecule has 1 saturated carbocycles. The average Bonchev–Trinajstić information content (AvgIpc) is 3.41. The molecule has 41 heavy (non-hydrogen) atoms. The van der Waals surface area contributed by atoms with Crippen molar-refractivity contribution < 1.29 is 22.7 Å². The fourth-order valence-electron chi connectivity index (χ4n) is 6.37. The monoisotopic (exact) mass is 569 g/mol. The average molecular weight is 570 g/mol. The smallest absolute Gasteiger partial charge is 0.416 e. The predicted octanol–water partition coefficient (Wildman–Crippen LogP) is 7.36. The Morgan fingerprint density at radius 2 is 1.83 bits per heavy atom. The van der Waals surface area contributed by atoms with Gasteiger partial charge in [-0.25, -0.2) is 9.78 Å². The van der Waals surface area contributed by atoms with E-state index >= 15 is 0 Å². The van der Waals surface area contributed by atoms with Crippen molar-refractivity contribution in [3.05, 3.63) is 64.6 Å². The quantitative estimate of drug-likeness (QED) is 0.298. The molecule has 0 spiro atoms. The zero-order chi connectivity index (χ0) is 29.5. The molecular formula is C31H38F3N5O2. The first-order valence-electron chi connectivity index (χ1n) is 14.4. The summed E-state index contributed by atoms with van der Waals surface area (Å²) in [7, 11) is 1.87. The highest BCUT2D eigenvalue weighted by Gasteiger charge is 2.41. The number of nitrogens with zero attached hydrogens (tertiary/aromatic N) is 5. The van der Waals surface area contributed by atoms with Crippen molar-refractivity contribution in [1.82, 2.24) is 19.7 Å². The van der Waals surface area contributed by atoms with Gasteiger partial charge in [0.05, 0.1) is 23.8 Å². The van der Waals surface area contributed by atoms with Crippen molar-refractivity contribution in [2.24, 2.45) is 7.05 Å². The maximum Gasteiger partial charge on any atom is 0.416 e. The molecule has 1 saturated heterocycles. The minimum absolute atomic E-state index is 0.229. The number of aryl methyl sites for hydroxylation is 3. The van der Waals surface area contributed by atoms with E-state index in [1.54, 1.807) is 22.6 Å². The molecule has 2 fully saturated rings. The summed E-state index contributed by atoms with van der Waals surface area (Å²) in [6, 6.07) is 5.82. The molecule has 1 unspecified atom stereocenters. The lowest BCUT2D eigenvalue weighted by molar-refractivity contribution is -0.137. The summed E-state index contributed by atoms with van der Waals surface area (Å²) in [6.45, 7) is 8.52. The van der Waals surface area contributed by atoms with Crippen LogP contribution in [0, 0.1) is 13.8 Å². The molecule has 1 aromatic carbocycles. The van der Waals surface area contributed by atoms with Crippen LogP contribution in [0.5, 0.6) is 0 Å². The highest BCUT2D eigenvalue weighted by Crippen LogP contribution is 2.39. The number of pyridine rings is 1. The molecule has 3 aromatic rings. The van der Waals surface area contributed by atoms with Gasteiger partial charge in [0, 0.05) is 48.7 Å². The largest absolute Gasteiger partial charge is 0.439 e. The third-order valence-electron chi connectivity index (χ3n) is 8.38. The van der Waals surface area contributed by atoms with E-state index in [4.69, 9.17) is 9.72 Å². The van der Waals surface area contributed by atoms with Crippen LogP contribution in [0.25, 0.3) is 11.1 Å². The number of carbonyl (C=O) groups is 1. The van der Waals surface area contributed by atoms with Crippen LogP contribution in [0.4, 0.5) is 23.8 Å². The molecule has 3 heterocycles. The molecule has 0 N–H and O–H groups in total. The van der Waals surface area contributed by atoms with Crippen molar-refractivity contribution in [2.75, 3.05) is 11.4 Å². The number of benzene rings is 1. The molecule has 0 bridgehead atoms. The lowest BCUT2D eigenvalue weighted by Gasteiger charge is -2.36. The van der Waals surface area contributed by atoms with E-state index in [0.717, 1.165) is 59.7 Å². The topological polar surface area (TPSA) is 63.5 Å². The van der Waals surface area contributed by atoms with Crippen molar-refractivity contribution >= 4 is 11.9 Å². The standard InChI is InChI=1S/C31H38F3N5O2/c1-6-38(26-10-8-7-9-11-26)29-24(14-23(16-35-29)27-18-37(5)36-20(27)3)17-39-21(4)28(41-30(39)40)22-12-19(2)13-25(15-22)31(32,33)34/h12-16,18,21,26,28H,6-11,17H2,1-5H3/t21-,28?/m0/s1. The van der Waals surface area contributed by atoms with E-state index in [9.17, 15) is 18.0 Å². The zero-order valence-corrected chi connectivity index (χ0v) is 24.3. The van der Waals surface area contributed by atoms with E-state index in [0.29, 0.717) is 17.2 Å². The normalized spacial score (nSPS) is 20.0. The summed E-state index contributed by atoms with van der Waals surface area (Å²) in [5.74, 6) is 0.836. The van der Waals surface area contributed by atoms with Gasteiger partial charge in [-0.1, -0.05) is 30.9 Å². The fourth-order valence-corrected chi connectivity index (χ4v) is 6.37. The highest BCUT2D eigenvalue weighted by molar-refractivity contribution is 5.72. The second kappa shape index (κ2) is 11.4. The van der Waals surface area contributed by atoms with E-state index in [1.807, 2.05) is 33.3 Å². The van der Waals surface area contributed by atoms with Gasteiger partial charge in [0.25, 0.3) is 0 Å². The second-order valence-electron chi connectivity index (χ2n) is 11.4. The number of ether oxygens (including phenoxy) is 1. The van der Waals surface area contributed by atoms with Crippen molar-refractivity contribution in [2.45, 2.75) is 90.7 Å². The number of carbonyl (C=O) groups excluding carboxylic acids is 1. The SMILES string of the molecule is CCN(c1ncc(-c2cn(C)nc2C)cc1CN1C(=O)OC(c2cc(C)cc(C(F)(F)F)c2)[C@@H]1C)C1CCCCC1. The summed E-state index contributed by atoms with van der Waals surface area (Å²) in [5.41, 5.74) is 3.68. The fraction of sp³-hybridized carbons (Fsp3) is 0.516. The van der Waals surface area contributed by atoms with Crippen LogP contribution < -0.4 is 4.90 Å². The Kier molecular flexibility index (Phi) is 8.03. The summed E-state index contributed by atoms with van der Waals surface area (Å²) >= 11 is 0. The van der Waals surface area contributed by atoms with Gasteiger partial charge in [0.2, 0.25) is 0 Å². The molecule has 1 aliphatic heterocycles. The number of alkyl halides is 3. The lowest BCUT2D eigenvalue weighted by atomic mass is 9.93. The molecule has 0 radical (unpaired) electrons. The van der Waals surface area contributed by atoms with Crippen LogP contribution in [-0.4, -0.2) is 44.4 Å². The van der Waals surface area contributed by atoms with Crippen molar-refractivity contribution in [3.8, 4) is 11.1 Å². The van der Waals surface area contributed by atoms with Gasteiger partial charge in [-0.3, -0.25) is 9.58 Å². The van der Waals surface area contributed by atoms with Gasteiger partial charge in [0.1, 0.15) is 11.9 Å². The Morgan fingerprint density at radius 3 is 2.46 bits per heavy atom. The number of hydrogen-bond acceptors (Lipinski definition) is 5. The predicted molar refractivity (Wildman–Crippen MR) is 151 cm³/mol. The summed E-state index contributed by atoms with van der Waals surface area (Å²) in [4.78, 5) is 22.1. The third-order valence-corrected chi connectivity index (χ3v) is 8.38. The number of aromatic nitrogens is 3. The molecule has 220 valence electrons. The van der Waals surface area contributed by atoms with Gasteiger partial charge in [-0.15, -0.1) is 0 Å². The second-order valence-corrected chi connectivity index (χ2v) is 11.4. The summed E-state index contributed by atoms with van der Waals surface area (Å²) in [5, 5.41) is 4.48. The Hall–Kier alpha value is -3.56. The highest BCUT2D eigenvalue weighted by atomic mass is 19.4. The minimum Gasteiger partial charge on any atom is -0.439 e. The number of halogens is 3. The Labute approximate surface area is 239 Å². The van der Waals surface area contributed by atoms with E-state index < -0.39 is 30.0 Å². The van der Waals surface area contributed by atoms with E-state index in [-0.39, 0.29) is 6.54 Å². The Bertz CT molecular complexity index is 1410. The van der Waals surface area contributed by atoms with Crippen LogP contribution >= 0.6 is 0 Å². The van der Waals surface area contributed by atoms with Crippen molar-refractivity contribution in [3.63, 3.8) is 0 Å². The van der Waals surface area contributed by atoms with E-state index in [1.165, 1.54) is 19.3 Å². The first-order valence-corrected chi connectivity index (χ1v) is 14.4. The summed E-state index contributed by atoms with van der Waals surface area (Å²) in [6.07, 6.45) is 3.75. The number of anilines is 1. The van der Waals surface area contributed by atoms with Crippen LogP contribution in [0.3, 0.4) is 0 Å². The van der Waals surface area contributed by atoms with Gasteiger partial charge in [0.15, 0.2) is 0 Å². The van der Waals surface area contributed by atoms with Gasteiger partial charge >= 0.3 is 12.3 Å². The molecular weight excluding hydrogens is 531 g/mol. The molecule has 2 aliphatic rings. The third kappa shape index (κ3) is 5.92. The Morgan fingerprint density at radius 1 is 1.10 bits per heavy atom. The summed E-state index contributed by atoms with van der Waals surface area (Å²) < 4.78 is 48.1. The van der Waals surface area contributed by atoms with Crippen LogP contribution in [0.15, 0.2) is 36.7 Å². The van der Waals surface area contributed by atoms with Crippen molar-refractivity contribution in [1.29, 1.82) is 0 Å². The molecule has 2 atom stereocenters.